The van der Waals surface area contributed by atoms with Gasteiger partial charge in [-0.1, -0.05) is 19.9 Å². The number of hydrogen-bond donors (Lipinski definition) is 2. The molecule has 0 aliphatic heterocycles. The Hall–Kier alpha value is -2.30. The van der Waals surface area contributed by atoms with Crippen LogP contribution in [0.15, 0.2) is 24.5 Å². The second-order valence-corrected chi connectivity index (χ2v) is 5.22. The van der Waals surface area contributed by atoms with Gasteiger partial charge in [-0.05, 0) is 30.5 Å². The normalized spacial score (nSPS) is 10.6. The van der Waals surface area contributed by atoms with E-state index >= 15 is 0 Å². The van der Waals surface area contributed by atoms with E-state index in [2.05, 4.69) is 34.4 Å². The van der Waals surface area contributed by atoms with Crippen LogP contribution in [0.4, 0.5) is 17.3 Å². The molecule has 0 amide bonds. The number of benzene rings is 1. The summed E-state index contributed by atoms with van der Waals surface area (Å²) in [6.07, 6.45) is 1.56. The van der Waals surface area contributed by atoms with Crippen LogP contribution in [0.2, 0.25) is 0 Å². The quantitative estimate of drug-likeness (QED) is 0.877. The molecule has 5 heteroatoms. The minimum absolute atomic E-state index is 0.298. The summed E-state index contributed by atoms with van der Waals surface area (Å²) < 4.78 is 5.41. The van der Waals surface area contributed by atoms with Gasteiger partial charge in [0.15, 0.2) is 0 Å². The van der Waals surface area contributed by atoms with E-state index < -0.39 is 0 Å². The highest BCUT2D eigenvalue weighted by Gasteiger charge is 2.15. The van der Waals surface area contributed by atoms with E-state index in [4.69, 9.17) is 4.74 Å². The number of aryl methyl sites for hydroxylation is 1. The van der Waals surface area contributed by atoms with Gasteiger partial charge in [-0.3, -0.25) is 0 Å². The molecule has 1 aromatic heterocycles. The molecule has 1 aromatic carbocycles. The SMILES string of the molecule is CNc1ncnc(Nc2cc(C)ccc2OC)c1C(C)C. The molecule has 0 fully saturated rings. The minimum Gasteiger partial charge on any atom is -0.495 e. The Morgan fingerprint density at radius 2 is 1.86 bits per heavy atom. The van der Waals surface area contributed by atoms with Crippen molar-refractivity contribution < 1.29 is 4.74 Å². The average Bonchev–Trinajstić information content (AvgIpc) is 2.47. The Balaban J connectivity index is 2.47. The topological polar surface area (TPSA) is 59.1 Å². The van der Waals surface area contributed by atoms with E-state index in [9.17, 15) is 0 Å². The number of nitrogens with zero attached hydrogens (tertiary/aromatic N) is 2. The molecule has 0 bridgehead atoms. The Kier molecular flexibility index (Phi) is 4.62. The first-order chi connectivity index (χ1) is 10.1. The average molecular weight is 286 g/mol. The Morgan fingerprint density at radius 3 is 2.48 bits per heavy atom. The van der Waals surface area contributed by atoms with Gasteiger partial charge in [-0.15, -0.1) is 0 Å². The number of nitrogens with one attached hydrogen (secondary N) is 2. The number of hydrogen-bond acceptors (Lipinski definition) is 5. The lowest BCUT2D eigenvalue weighted by Crippen LogP contribution is -2.07. The Labute approximate surface area is 125 Å². The molecule has 21 heavy (non-hydrogen) atoms. The van der Waals surface area contributed by atoms with Gasteiger partial charge in [-0.25, -0.2) is 9.97 Å². The largest absolute Gasteiger partial charge is 0.495 e. The summed E-state index contributed by atoms with van der Waals surface area (Å²) in [6.45, 7) is 6.30. The first kappa shape index (κ1) is 15.1. The summed E-state index contributed by atoms with van der Waals surface area (Å²) in [5.41, 5.74) is 3.12. The van der Waals surface area contributed by atoms with Gasteiger partial charge in [-0.2, -0.15) is 0 Å². The number of anilines is 3. The van der Waals surface area contributed by atoms with Crippen molar-refractivity contribution in [2.75, 3.05) is 24.8 Å². The van der Waals surface area contributed by atoms with Crippen LogP contribution in [-0.2, 0) is 0 Å². The van der Waals surface area contributed by atoms with Crippen LogP contribution in [0.25, 0.3) is 0 Å². The third-order valence-corrected chi connectivity index (χ3v) is 3.31. The molecule has 0 saturated carbocycles. The van der Waals surface area contributed by atoms with Crippen molar-refractivity contribution in [1.29, 1.82) is 0 Å². The molecule has 0 atom stereocenters. The molecule has 2 aromatic rings. The van der Waals surface area contributed by atoms with Crippen molar-refractivity contribution in [3.8, 4) is 5.75 Å². The lowest BCUT2D eigenvalue weighted by Gasteiger charge is -2.18. The van der Waals surface area contributed by atoms with Crippen LogP contribution in [0, 0.1) is 6.92 Å². The molecule has 112 valence electrons. The van der Waals surface area contributed by atoms with Crippen molar-refractivity contribution in [3.05, 3.63) is 35.7 Å². The molecule has 0 saturated heterocycles. The van der Waals surface area contributed by atoms with Crippen LogP contribution >= 0.6 is 0 Å². The molecule has 0 radical (unpaired) electrons. The molecule has 5 nitrogen and oxygen atoms in total. The summed E-state index contributed by atoms with van der Waals surface area (Å²) in [5.74, 6) is 2.73. The second kappa shape index (κ2) is 6.43. The summed E-state index contributed by atoms with van der Waals surface area (Å²) in [4.78, 5) is 8.68. The highest BCUT2D eigenvalue weighted by molar-refractivity contribution is 5.70. The maximum Gasteiger partial charge on any atom is 0.142 e. The van der Waals surface area contributed by atoms with Crippen LogP contribution in [-0.4, -0.2) is 24.1 Å². The Morgan fingerprint density at radius 1 is 1.14 bits per heavy atom. The number of ether oxygens (including phenoxy) is 1. The lowest BCUT2D eigenvalue weighted by atomic mass is 10.0. The fourth-order valence-electron chi connectivity index (χ4n) is 2.29. The van der Waals surface area contributed by atoms with E-state index in [1.165, 1.54) is 0 Å². The van der Waals surface area contributed by atoms with Crippen molar-refractivity contribution in [2.24, 2.45) is 0 Å². The second-order valence-electron chi connectivity index (χ2n) is 5.22. The minimum atomic E-state index is 0.298. The molecule has 0 spiro atoms. The van der Waals surface area contributed by atoms with E-state index in [0.29, 0.717) is 5.92 Å². The predicted molar refractivity (Wildman–Crippen MR) is 86.7 cm³/mol. The lowest BCUT2D eigenvalue weighted by molar-refractivity contribution is 0.416. The fraction of sp³-hybridized carbons (Fsp3) is 0.375. The molecule has 1 heterocycles. The first-order valence-corrected chi connectivity index (χ1v) is 7.01. The van der Waals surface area contributed by atoms with Crippen molar-refractivity contribution in [1.82, 2.24) is 9.97 Å². The molecular formula is C16H22N4O. The molecule has 0 unspecified atom stereocenters. The molecule has 0 aliphatic carbocycles. The Bertz CT molecular complexity index is 626. The third kappa shape index (κ3) is 3.24. The third-order valence-electron chi connectivity index (χ3n) is 3.31. The van der Waals surface area contributed by atoms with E-state index in [1.807, 2.05) is 32.2 Å². The van der Waals surface area contributed by atoms with Gasteiger partial charge >= 0.3 is 0 Å². The van der Waals surface area contributed by atoms with Gasteiger partial charge in [0.1, 0.15) is 23.7 Å². The summed E-state index contributed by atoms with van der Waals surface area (Å²) >= 11 is 0. The van der Waals surface area contributed by atoms with E-state index in [1.54, 1.807) is 13.4 Å². The van der Waals surface area contributed by atoms with Gasteiger partial charge in [0.25, 0.3) is 0 Å². The first-order valence-electron chi connectivity index (χ1n) is 7.01. The smallest absolute Gasteiger partial charge is 0.142 e. The summed E-state index contributed by atoms with van der Waals surface area (Å²) in [7, 11) is 3.53. The maximum atomic E-state index is 5.41. The highest BCUT2D eigenvalue weighted by atomic mass is 16.5. The van der Waals surface area contributed by atoms with Crippen LogP contribution in [0.1, 0.15) is 30.9 Å². The molecule has 2 N–H and O–H groups in total. The van der Waals surface area contributed by atoms with Crippen molar-refractivity contribution >= 4 is 17.3 Å². The zero-order chi connectivity index (χ0) is 15.4. The highest BCUT2D eigenvalue weighted by Crippen LogP contribution is 2.33. The van der Waals surface area contributed by atoms with Gasteiger partial charge in [0.2, 0.25) is 0 Å². The van der Waals surface area contributed by atoms with Crippen LogP contribution in [0.3, 0.4) is 0 Å². The van der Waals surface area contributed by atoms with E-state index in [0.717, 1.165) is 34.2 Å². The number of rotatable bonds is 5. The van der Waals surface area contributed by atoms with Crippen LogP contribution < -0.4 is 15.4 Å². The van der Waals surface area contributed by atoms with Gasteiger partial charge < -0.3 is 15.4 Å². The molecule has 2 rings (SSSR count). The standard InChI is InChI=1S/C16H22N4O/c1-10(2)14-15(17-4)18-9-19-16(14)20-12-8-11(3)6-7-13(12)21-5/h6-10H,1-5H3,(H2,17,18,19,20). The van der Waals surface area contributed by atoms with Crippen molar-refractivity contribution in [2.45, 2.75) is 26.7 Å². The van der Waals surface area contributed by atoms with E-state index in [-0.39, 0.29) is 0 Å². The summed E-state index contributed by atoms with van der Waals surface area (Å²) in [5, 5.41) is 6.49. The fourth-order valence-corrected chi connectivity index (χ4v) is 2.29. The zero-order valence-electron chi connectivity index (χ0n) is 13.2. The van der Waals surface area contributed by atoms with Crippen LogP contribution in [0.5, 0.6) is 5.75 Å². The monoisotopic (exact) mass is 286 g/mol. The number of methoxy groups -OCH3 is 1. The predicted octanol–water partition coefficient (Wildman–Crippen LogP) is 3.70. The maximum absolute atomic E-state index is 5.41. The molecular weight excluding hydrogens is 264 g/mol. The molecule has 0 aliphatic rings. The van der Waals surface area contributed by atoms with Gasteiger partial charge in [0, 0.05) is 12.6 Å². The zero-order valence-corrected chi connectivity index (χ0v) is 13.2. The van der Waals surface area contributed by atoms with Crippen molar-refractivity contribution in [3.63, 3.8) is 0 Å². The summed E-state index contributed by atoms with van der Waals surface area (Å²) in [6, 6.07) is 6.02. The van der Waals surface area contributed by atoms with Gasteiger partial charge in [0.05, 0.1) is 12.8 Å². The number of aromatic nitrogens is 2.